The predicted octanol–water partition coefficient (Wildman–Crippen LogP) is 3.18. The molecule has 0 atom stereocenters. The Hall–Kier alpha value is -0.530. The fourth-order valence-electron chi connectivity index (χ4n) is 1.31. The lowest BCUT2D eigenvalue weighted by Gasteiger charge is -2.04. The van der Waals surface area contributed by atoms with Crippen molar-refractivity contribution in [3.63, 3.8) is 0 Å². The molecule has 0 radical (unpaired) electrons. The minimum atomic E-state index is 0.894. The Bertz CT molecular complexity index is 310. The van der Waals surface area contributed by atoms with Gasteiger partial charge in [-0.25, -0.2) is 0 Å². The monoisotopic (exact) mass is 313 g/mol. The highest BCUT2D eigenvalue weighted by molar-refractivity contribution is 14.1. The summed E-state index contributed by atoms with van der Waals surface area (Å²) >= 11 is 2.32. The third-order valence-electron chi connectivity index (χ3n) is 2.17. The first kappa shape index (κ1) is 12.5. The van der Waals surface area contributed by atoms with Crippen LogP contribution in [-0.2, 0) is 6.54 Å². The van der Waals surface area contributed by atoms with Crippen LogP contribution in [0.25, 0.3) is 0 Å². The summed E-state index contributed by atoms with van der Waals surface area (Å²) in [5.74, 6) is 2.65. The van der Waals surface area contributed by atoms with Crippen LogP contribution in [0.3, 0.4) is 0 Å². The van der Waals surface area contributed by atoms with Crippen molar-refractivity contribution in [3.8, 4) is 12.3 Å². The van der Waals surface area contributed by atoms with Gasteiger partial charge in [0.1, 0.15) is 0 Å². The minimum absolute atomic E-state index is 0.894. The second-order valence-electron chi connectivity index (χ2n) is 3.46. The van der Waals surface area contributed by atoms with Crippen LogP contribution in [0.5, 0.6) is 0 Å². The van der Waals surface area contributed by atoms with Gasteiger partial charge < -0.3 is 5.32 Å². The van der Waals surface area contributed by atoms with E-state index in [0.29, 0.717) is 0 Å². The van der Waals surface area contributed by atoms with Crippen LogP contribution in [0.4, 0.5) is 0 Å². The fourth-order valence-corrected chi connectivity index (χ4v) is 1.67. The molecule has 0 fully saturated rings. The number of unbranched alkanes of at least 4 members (excludes halogenated alkanes) is 2. The number of nitrogens with one attached hydrogen (secondary N) is 1. The molecule has 0 aliphatic rings. The lowest BCUT2D eigenvalue weighted by atomic mass is 10.2. The fraction of sp³-hybridized carbons (Fsp3) is 0.385. The van der Waals surface area contributed by atoms with Crippen LogP contribution < -0.4 is 5.32 Å². The molecule has 0 bridgehead atoms. The van der Waals surface area contributed by atoms with Crippen molar-refractivity contribution in [1.29, 1.82) is 0 Å². The van der Waals surface area contributed by atoms with Gasteiger partial charge in [-0.05, 0) is 59.7 Å². The van der Waals surface area contributed by atoms with Crippen LogP contribution in [0.2, 0.25) is 0 Å². The molecule has 2 heteroatoms. The molecule has 15 heavy (non-hydrogen) atoms. The third kappa shape index (κ3) is 5.81. The smallest absolute Gasteiger partial charge is 0.0205 e. The molecule has 0 amide bonds. The number of hydrogen-bond donors (Lipinski definition) is 1. The van der Waals surface area contributed by atoms with Crippen molar-refractivity contribution < 1.29 is 0 Å². The summed E-state index contributed by atoms with van der Waals surface area (Å²) in [6.45, 7) is 2.00. The predicted molar refractivity (Wildman–Crippen MR) is 73.5 cm³/mol. The maximum Gasteiger partial charge on any atom is 0.0205 e. The molecule has 0 aliphatic heterocycles. The molecular weight excluding hydrogens is 297 g/mol. The number of halogens is 1. The van der Waals surface area contributed by atoms with Crippen LogP contribution in [0, 0.1) is 15.9 Å². The highest BCUT2D eigenvalue weighted by Gasteiger charge is 1.92. The molecule has 80 valence electrons. The molecule has 0 heterocycles. The number of hydrogen-bond acceptors (Lipinski definition) is 1. The Balaban J connectivity index is 2.10. The van der Waals surface area contributed by atoms with Crippen LogP contribution in [0.15, 0.2) is 24.3 Å². The summed E-state index contributed by atoms with van der Waals surface area (Å²) in [6, 6.07) is 8.60. The van der Waals surface area contributed by atoms with E-state index >= 15 is 0 Å². The van der Waals surface area contributed by atoms with E-state index in [4.69, 9.17) is 6.42 Å². The molecule has 0 saturated heterocycles. The van der Waals surface area contributed by atoms with E-state index in [1.54, 1.807) is 0 Å². The van der Waals surface area contributed by atoms with E-state index in [2.05, 4.69) is 58.1 Å². The van der Waals surface area contributed by atoms with Gasteiger partial charge in [-0.15, -0.1) is 12.3 Å². The van der Waals surface area contributed by atoms with Gasteiger partial charge >= 0.3 is 0 Å². The molecule has 0 unspecified atom stereocenters. The first-order chi connectivity index (χ1) is 7.33. The highest BCUT2D eigenvalue weighted by atomic mass is 127. The Labute approximate surface area is 106 Å². The van der Waals surface area contributed by atoms with Gasteiger partial charge in [0.05, 0.1) is 0 Å². The Morgan fingerprint density at radius 1 is 1.20 bits per heavy atom. The molecular formula is C13H16IN. The van der Waals surface area contributed by atoms with Crippen molar-refractivity contribution in [2.24, 2.45) is 0 Å². The molecule has 0 spiro atoms. The van der Waals surface area contributed by atoms with Gasteiger partial charge in [-0.1, -0.05) is 12.1 Å². The first-order valence-corrected chi connectivity index (χ1v) is 6.29. The van der Waals surface area contributed by atoms with E-state index in [9.17, 15) is 0 Å². The second-order valence-corrected chi connectivity index (χ2v) is 4.71. The Morgan fingerprint density at radius 3 is 2.60 bits per heavy atom. The largest absolute Gasteiger partial charge is 0.313 e. The van der Waals surface area contributed by atoms with Gasteiger partial charge in [-0.2, -0.15) is 0 Å². The standard InChI is InChI=1S/C13H16IN/c1-2-3-4-5-10-15-11-12-6-8-13(14)9-7-12/h1,6-9,15H,3-5,10-11H2. The van der Waals surface area contributed by atoms with E-state index in [0.717, 1.165) is 32.4 Å². The van der Waals surface area contributed by atoms with Crippen LogP contribution in [0.1, 0.15) is 24.8 Å². The summed E-state index contributed by atoms with van der Waals surface area (Å²) in [7, 11) is 0. The summed E-state index contributed by atoms with van der Waals surface area (Å²) < 4.78 is 1.28. The molecule has 0 saturated carbocycles. The number of terminal acetylenes is 1. The van der Waals surface area contributed by atoms with E-state index in [-0.39, 0.29) is 0 Å². The zero-order valence-corrected chi connectivity index (χ0v) is 11.0. The normalized spacial score (nSPS) is 9.87. The molecule has 0 aliphatic carbocycles. The number of rotatable bonds is 6. The van der Waals surface area contributed by atoms with E-state index < -0.39 is 0 Å². The zero-order valence-electron chi connectivity index (χ0n) is 8.80. The van der Waals surface area contributed by atoms with E-state index in [1.165, 1.54) is 9.13 Å². The summed E-state index contributed by atoms with van der Waals surface area (Å²) in [5.41, 5.74) is 1.34. The van der Waals surface area contributed by atoms with Crippen LogP contribution in [-0.4, -0.2) is 6.54 Å². The topological polar surface area (TPSA) is 12.0 Å². The van der Waals surface area contributed by atoms with Crippen molar-refractivity contribution in [2.75, 3.05) is 6.54 Å². The molecule has 1 N–H and O–H groups in total. The highest BCUT2D eigenvalue weighted by Crippen LogP contribution is 2.06. The summed E-state index contributed by atoms with van der Waals surface area (Å²) in [4.78, 5) is 0. The lowest BCUT2D eigenvalue weighted by Crippen LogP contribution is -2.14. The van der Waals surface area contributed by atoms with Gasteiger partial charge in [0.2, 0.25) is 0 Å². The number of benzene rings is 1. The van der Waals surface area contributed by atoms with Gasteiger partial charge in [0, 0.05) is 16.5 Å². The maximum atomic E-state index is 5.18. The quantitative estimate of drug-likeness (QED) is 0.483. The molecule has 0 aromatic heterocycles. The van der Waals surface area contributed by atoms with Crippen molar-refractivity contribution >= 4 is 22.6 Å². The van der Waals surface area contributed by atoms with Gasteiger partial charge in [0.15, 0.2) is 0 Å². The average Bonchev–Trinajstić information content (AvgIpc) is 2.26. The zero-order chi connectivity index (χ0) is 10.9. The Morgan fingerprint density at radius 2 is 1.93 bits per heavy atom. The van der Waals surface area contributed by atoms with Crippen molar-refractivity contribution in [1.82, 2.24) is 5.32 Å². The summed E-state index contributed by atoms with van der Waals surface area (Å²) in [6.07, 6.45) is 8.35. The second kappa shape index (κ2) is 7.72. The Kier molecular flexibility index (Phi) is 6.45. The molecule has 1 nitrogen and oxygen atoms in total. The van der Waals surface area contributed by atoms with E-state index in [1.807, 2.05) is 0 Å². The maximum absolute atomic E-state index is 5.18. The van der Waals surface area contributed by atoms with Crippen LogP contribution >= 0.6 is 22.6 Å². The molecule has 1 aromatic rings. The SMILES string of the molecule is C#CCCCCNCc1ccc(I)cc1. The van der Waals surface area contributed by atoms with Crippen molar-refractivity contribution in [3.05, 3.63) is 33.4 Å². The first-order valence-electron chi connectivity index (χ1n) is 5.21. The average molecular weight is 313 g/mol. The molecule has 1 aromatic carbocycles. The lowest BCUT2D eigenvalue weighted by molar-refractivity contribution is 0.630. The molecule has 1 rings (SSSR count). The van der Waals surface area contributed by atoms with Gasteiger partial charge in [0.25, 0.3) is 0 Å². The van der Waals surface area contributed by atoms with Gasteiger partial charge in [-0.3, -0.25) is 0 Å². The minimum Gasteiger partial charge on any atom is -0.313 e. The summed E-state index contributed by atoms with van der Waals surface area (Å²) in [5, 5.41) is 3.41. The van der Waals surface area contributed by atoms with Crippen molar-refractivity contribution in [2.45, 2.75) is 25.8 Å². The third-order valence-corrected chi connectivity index (χ3v) is 2.89.